The van der Waals surface area contributed by atoms with E-state index in [-0.39, 0.29) is 0 Å². The summed E-state index contributed by atoms with van der Waals surface area (Å²) >= 11 is 0. The summed E-state index contributed by atoms with van der Waals surface area (Å²) in [6.07, 6.45) is 8.32. The van der Waals surface area contributed by atoms with Crippen molar-refractivity contribution in [3.63, 3.8) is 0 Å². The molecule has 1 aromatic rings. The summed E-state index contributed by atoms with van der Waals surface area (Å²) in [6, 6.07) is 8.20. The number of ether oxygens (including phenoxy) is 1. The van der Waals surface area contributed by atoms with Crippen LogP contribution in [-0.2, 0) is 0 Å². The van der Waals surface area contributed by atoms with Crippen molar-refractivity contribution in [2.45, 2.75) is 26.2 Å². The van der Waals surface area contributed by atoms with Crippen molar-refractivity contribution in [2.24, 2.45) is 5.92 Å². The zero-order chi connectivity index (χ0) is 11.9. The van der Waals surface area contributed by atoms with E-state index < -0.39 is 0 Å². The van der Waals surface area contributed by atoms with Crippen LogP contribution in [0.3, 0.4) is 0 Å². The Kier molecular flexibility index (Phi) is 4.48. The Morgan fingerprint density at radius 3 is 3.06 bits per heavy atom. The van der Waals surface area contributed by atoms with Crippen molar-refractivity contribution in [3.05, 3.63) is 36.4 Å². The number of allylic oxidation sites excluding steroid dienone is 2. The third kappa shape index (κ3) is 3.81. The van der Waals surface area contributed by atoms with E-state index in [0.717, 1.165) is 30.5 Å². The first-order chi connectivity index (χ1) is 8.38. The smallest absolute Gasteiger partial charge is 0.121 e. The average molecular weight is 231 g/mol. The maximum atomic E-state index is 5.49. The van der Waals surface area contributed by atoms with Crippen LogP contribution in [0.2, 0.25) is 0 Å². The van der Waals surface area contributed by atoms with Crippen LogP contribution in [0.5, 0.6) is 5.75 Å². The number of benzene rings is 1. The summed E-state index contributed by atoms with van der Waals surface area (Å²) in [5, 5.41) is 3.50. The largest absolute Gasteiger partial charge is 0.494 e. The highest BCUT2D eigenvalue weighted by molar-refractivity contribution is 5.48. The maximum absolute atomic E-state index is 5.49. The molecule has 0 saturated heterocycles. The Morgan fingerprint density at radius 2 is 2.29 bits per heavy atom. The van der Waals surface area contributed by atoms with Gasteiger partial charge in [-0.25, -0.2) is 0 Å². The Bertz CT molecular complexity index is 373. The summed E-state index contributed by atoms with van der Waals surface area (Å²) in [6.45, 7) is 3.78. The molecular formula is C15H21NO. The third-order valence-electron chi connectivity index (χ3n) is 3.12. The number of hydrogen-bond donors (Lipinski definition) is 1. The van der Waals surface area contributed by atoms with Crippen LogP contribution in [0, 0.1) is 5.92 Å². The van der Waals surface area contributed by atoms with Crippen LogP contribution in [0.15, 0.2) is 36.4 Å². The van der Waals surface area contributed by atoms with E-state index >= 15 is 0 Å². The van der Waals surface area contributed by atoms with Gasteiger partial charge in [-0.2, -0.15) is 0 Å². The van der Waals surface area contributed by atoms with Crippen LogP contribution >= 0.6 is 0 Å². The standard InChI is InChI=1S/C15H21NO/c1-2-17-15-10-6-9-14(11-15)16-12-13-7-4-3-5-8-13/h3-4,6,9-11,13,16H,2,5,7-8,12H2,1H3. The fourth-order valence-corrected chi connectivity index (χ4v) is 2.17. The van der Waals surface area contributed by atoms with Gasteiger partial charge in [0.05, 0.1) is 6.61 Å². The topological polar surface area (TPSA) is 21.3 Å². The highest BCUT2D eigenvalue weighted by atomic mass is 16.5. The zero-order valence-corrected chi connectivity index (χ0v) is 10.5. The molecule has 2 rings (SSSR count). The number of rotatable bonds is 5. The molecule has 1 N–H and O–H groups in total. The van der Waals surface area contributed by atoms with E-state index in [1.807, 2.05) is 19.1 Å². The van der Waals surface area contributed by atoms with Gasteiger partial charge < -0.3 is 10.1 Å². The van der Waals surface area contributed by atoms with E-state index in [4.69, 9.17) is 4.74 Å². The van der Waals surface area contributed by atoms with Gasteiger partial charge >= 0.3 is 0 Å². The first-order valence-corrected chi connectivity index (χ1v) is 6.50. The SMILES string of the molecule is CCOc1cccc(NCC2CC=CCC2)c1. The van der Waals surface area contributed by atoms with Gasteiger partial charge in [-0.15, -0.1) is 0 Å². The third-order valence-corrected chi connectivity index (χ3v) is 3.12. The highest BCUT2D eigenvalue weighted by Crippen LogP contribution is 2.21. The highest BCUT2D eigenvalue weighted by Gasteiger charge is 2.09. The second-order valence-electron chi connectivity index (χ2n) is 4.49. The molecule has 0 aromatic heterocycles. The minimum Gasteiger partial charge on any atom is -0.494 e. The lowest BCUT2D eigenvalue weighted by molar-refractivity contribution is 0.340. The molecule has 0 radical (unpaired) electrons. The van der Waals surface area contributed by atoms with Gasteiger partial charge in [-0.1, -0.05) is 18.2 Å². The summed E-state index contributed by atoms with van der Waals surface area (Å²) in [5.41, 5.74) is 1.16. The predicted molar refractivity (Wildman–Crippen MR) is 72.6 cm³/mol. The monoisotopic (exact) mass is 231 g/mol. The fourth-order valence-electron chi connectivity index (χ4n) is 2.17. The van der Waals surface area contributed by atoms with E-state index in [1.54, 1.807) is 0 Å². The maximum Gasteiger partial charge on any atom is 0.121 e. The van der Waals surface area contributed by atoms with Gasteiger partial charge in [0.25, 0.3) is 0 Å². The minimum atomic E-state index is 0.719. The fraction of sp³-hybridized carbons (Fsp3) is 0.467. The Morgan fingerprint density at radius 1 is 1.35 bits per heavy atom. The second kappa shape index (κ2) is 6.33. The van der Waals surface area contributed by atoms with Gasteiger partial charge in [0.2, 0.25) is 0 Å². The molecule has 0 bridgehead atoms. The molecule has 0 saturated carbocycles. The van der Waals surface area contributed by atoms with Gasteiger partial charge in [0.15, 0.2) is 0 Å². The van der Waals surface area contributed by atoms with Crippen LogP contribution in [0.25, 0.3) is 0 Å². The molecule has 0 spiro atoms. The van der Waals surface area contributed by atoms with Crippen LogP contribution in [-0.4, -0.2) is 13.2 Å². The van der Waals surface area contributed by atoms with Gasteiger partial charge in [-0.05, 0) is 44.2 Å². The quantitative estimate of drug-likeness (QED) is 0.777. The van der Waals surface area contributed by atoms with Crippen molar-refractivity contribution in [3.8, 4) is 5.75 Å². The van der Waals surface area contributed by atoms with Gasteiger partial charge in [0, 0.05) is 18.3 Å². The number of anilines is 1. The molecular weight excluding hydrogens is 210 g/mol. The van der Waals surface area contributed by atoms with Crippen molar-refractivity contribution < 1.29 is 4.74 Å². The van der Waals surface area contributed by atoms with E-state index in [1.165, 1.54) is 19.3 Å². The van der Waals surface area contributed by atoms with Gasteiger partial charge in [0.1, 0.15) is 5.75 Å². The Labute approximate surface area is 104 Å². The lowest BCUT2D eigenvalue weighted by atomic mass is 9.94. The molecule has 0 aliphatic heterocycles. The molecule has 0 amide bonds. The van der Waals surface area contributed by atoms with Crippen molar-refractivity contribution >= 4 is 5.69 Å². The first-order valence-electron chi connectivity index (χ1n) is 6.50. The first kappa shape index (κ1) is 12.0. The minimum absolute atomic E-state index is 0.719. The van der Waals surface area contributed by atoms with E-state index in [0.29, 0.717) is 0 Å². The molecule has 2 heteroatoms. The molecule has 92 valence electrons. The van der Waals surface area contributed by atoms with Crippen molar-refractivity contribution in [1.29, 1.82) is 0 Å². The Balaban J connectivity index is 1.85. The van der Waals surface area contributed by atoms with E-state index in [2.05, 4.69) is 29.6 Å². The molecule has 1 atom stereocenters. The summed E-state index contributed by atoms with van der Waals surface area (Å²) in [7, 11) is 0. The summed E-state index contributed by atoms with van der Waals surface area (Å²) in [5.74, 6) is 1.72. The predicted octanol–water partition coefficient (Wildman–Crippen LogP) is 3.85. The molecule has 2 nitrogen and oxygen atoms in total. The van der Waals surface area contributed by atoms with E-state index in [9.17, 15) is 0 Å². The molecule has 1 aromatic carbocycles. The van der Waals surface area contributed by atoms with Crippen LogP contribution < -0.4 is 10.1 Å². The summed E-state index contributed by atoms with van der Waals surface area (Å²) < 4.78 is 5.49. The van der Waals surface area contributed by atoms with Gasteiger partial charge in [-0.3, -0.25) is 0 Å². The second-order valence-corrected chi connectivity index (χ2v) is 4.49. The average Bonchev–Trinajstić information content (AvgIpc) is 2.39. The van der Waals surface area contributed by atoms with Crippen molar-refractivity contribution in [1.82, 2.24) is 0 Å². The molecule has 0 fully saturated rings. The normalized spacial score (nSPS) is 19.0. The van der Waals surface area contributed by atoms with Crippen molar-refractivity contribution in [2.75, 3.05) is 18.5 Å². The molecule has 17 heavy (non-hydrogen) atoms. The molecule has 1 aliphatic rings. The van der Waals surface area contributed by atoms with Crippen LogP contribution in [0.1, 0.15) is 26.2 Å². The number of nitrogens with one attached hydrogen (secondary N) is 1. The lowest BCUT2D eigenvalue weighted by Crippen LogP contribution is -2.15. The summed E-state index contributed by atoms with van der Waals surface area (Å²) in [4.78, 5) is 0. The van der Waals surface area contributed by atoms with Crippen LogP contribution in [0.4, 0.5) is 5.69 Å². The molecule has 1 unspecified atom stereocenters. The zero-order valence-electron chi connectivity index (χ0n) is 10.5. The molecule has 1 aliphatic carbocycles. The number of hydrogen-bond acceptors (Lipinski definition) is 2. The lowest BCUT2D eigenvalue weighted by Gasteiger charge is -2.19. The Hall–Kier alpha value is -1.44. The molecule has 0 heterocycles.